The van der Waals surface area contributed by atoms with Crippen LogP contribution in [0.5, 0.6) is 0 Å². The lowest BCUT2D eigenvalue weighted by Crippen LogP contribution is -2.28. The van der Waals surface area contributed by atoms with E-state index in [-0.39, 0.29) is 6.54 Å². The van der Waals surface area contributed by atoms with Gasteiger partial charge in [0.1, 0.15) is 0 Å². The molecule has 0 aliphatic rings. The highest BCUT2D eigenvalue weighted by Crippen LogP contribution is 2.28. The van der Waals surface area contributed by atoms with Gasteiger partial charge in [-0.2, -0.15) is 13.2 Å². The van der Waals surface area contributed by atoms with E-state index in [9.17, 15) is 18.0 Å². The van der Waals surface area contributed by atoms with E-state index < -0.39 is 17.8 Å². The number of aromatic amines is 1. The Kier molecular flexibility index (Phi) is 4.54. The van der Waals surface area contributed by atoms with Crippen molar-refractivity contribution in [1.29, 1.82) is 0 Å². The summed E-state index contributed by atoms with van der Waals surface area (Å²) in [5.41, 5.74) is 0.723. The standard InChI is InChI=1S/C16H12ClF3N4O/c17-13-5-11(6-14-12(13)3-4-21-14)24-15(25)23-8-10-2-1-9(7-22-10)16(18,19)20/h1-7,21H,8H2,(H2,23,24,25). The van der Waals surface area contributed by atoms with E-state index in [0.29, 0.717) is 16.4 Å². The largest absolute Gasteiger partial charge is 0.417 e. The molecule has 2 heterocycles. The van der Waals surface area contributed by atoms with Crippen molar-refractivity contribution in [1.82, 2.24) is 15.3 Å². The Morgan fingerprint density at radius 3 is 2.72 bits per heavy atom. The second-order valence-electron chi connectivity index (χ2n) is 5.24. The summed E-state index contributed by atoms with van der Waals surface area (Å²) in [5.74, 6) is 0. The van der Waals surface area contributed by atoms with Crippen molar-refractivity contribution in [2.24, 2.45) is 0 Å². The number of benzene rings is 1. The Balaban J connectivity index is 1.60. The van der Waals surface area contributed by atoms with Crippen LogP contribution < -0.4 is 10.6 Å². The first-order valence-electron chi connectivity index (χ1n) is 7.16. The van der Waals surface area contributed by atoms with Crippen LogP contribution in [-0.2, 0) is 12.7 Å². The summed E-state index contributed by atoms with van der Waals surface area (Å²) in [6.45, 7) is -0.0115. The Morgan fingerprint density at radius 1 is 1.24 bits per heavy atom. The topological polar surface area (TPSA) is 69.8 Å². The molecule has 0 bridgehead atoms. The van der Waals surface area contributed by atoms with Crippen molar-refractivity contribution in [2.45, 2.75) is 12.7 Å². The number of nitrogens with one attached hydrogen (secondary N) is 3. The number of amides is 2. The van der Waals surface area contributed by atoms with Gasteiger partial charge in [0, 0.05) is 29.0 Å². The number of carbonyl (C=O) groups is 1. The first-order chi connectivity index (χ1) is 11.8. The van der Waals surface area contributed by atoms with Gasteiger partial charge in [0.25, 0.3) is 0 Å². The minimum atomic E-state index is -4.44. The Morgan fingerprint density at radius 2 is 2.04 bits per heavy atom. The quantitative estimate of drug-likeness (QED) is 0.634. The molecule has 0 spiro atoms. The molecule has 0 atom stereocenters. The first kappa shape index (κ1) is 17.1. The molecule has 0 aliphatic carbocycles. The van der Waals surface area contributed by atoms with Crippen LogP contribution in [0.4, 0.5) is 23.7 Å². The predicted octanol–water partition coefficient (Wildman–Crippen LogP) is 4.56. The molecule has 0 fully saturated rings. The average molecular weight is 369 g/mol. The maximum Gasteiger partial charge on any atom is 0.417 e. The molecule has 25 heavy (non-hydrogen) atoms. The van der Waals surface area contributed by atoms with Crippen LogP contribution in [0.2, 0.25) is 5.02 Å². The lowest BCUT2D eigenvalue weighted by molar-refractivity contribution is -0.137. The van der Waals surface area contributed by atoms with E-state index in [1.54, 1.807) is 18.3 Å². The summed E-state index contributed by atoms with van der Waals surface area (Å²) in [5, 5.41) is 6.45. The van der Waals surface area contributed by atoms with Gasteiger partial charge in [0.05, 0.1) is 22.8 Å². The van der Waals surface area contributed by atoms with Crippen LogP contribution >= 0.6 is 11.6 Å². The number of hydrogen-bond acceptors (Lipinski definition) is 2. The van der Waals surface area contributed by atoms with Crippen LogP contribution in [0.15, 0.2) is 42.7 Å². The van der Waals surface area contributed by atoms with Crippen LogP contribution in [0.3, 0.4) is 0 Å². The van der Waals surface area contributed by atoms with Crippen LogP contribution in [0.25, 0.3) is 10.9 Å². The maximum absolute atomic E-state index is 12.5. The summed E-state index contributed by atoms with van der Waals surface area (Å²) in [6.07, 6.45) is -1.98. The smallest absolute Gasteiger partial charge is 0.361 e. The molecule has 2 amide bonds. The number of halogens is 4. The molecule has 0 radical (unpaired) electrons. The Labute approximate surface area is 145 Å². The highest BCUT2D eigenvalue weighted by atomic mass is 35.5. The zero-order valence-electron chi connectivity index (χ0n) is 12.6. The van der Waals surface area contributed by atoms with E-state index in [0.717, 1.165) is 23.2 Å². The normalized spacial score (nSPS) is 11.5. The van der Waals surface area contributed by atoms with Crippen molar-refractivity contribution < 1.29 is 18.0 Å². The zero-order valence-corrected chi connectivity index (χ0v) is 13.4. The number of hydrogen-bond donors (Lipinski definition) is 3. The van der Waals surface area contributed by atoms with Gasteiger partial charge in [-0.3, -0.25) is 4.98 Å². The average Bonchev–Trinajstić information content (AvgIpc) is 3.01. The molecule has 3 aromatic rings. The fourth-order valence-electron chi connectivity index (χ4n) is 2.24. The molecule has 0 saturated heterocycles. The molecule has 3 N–H and O–H groups in total. The SMILES string of the molecule is O=C(NCc1ccc(C(F)(F)F)cn1)Nc1cc(Cl)c2cc[nH]c2c1. The number of carbonyl (C=O) groups excluding carboxylic acids is 1. The third-order valence-electron chi connectivity index (χ3n) is 3.46. The number of pyridine rings is 1. The van der Waals surface area contributed by atoms with E-state index >= 15 is 0 Å². The lowest BCUT2D eigenvalue weighted by Gasteiger charge is -2.09. The first-order valence-corrected chi connectivity index (χ1v) is 7.54. The van der Waals surface area contributed by atoms with E-state index in [4.69, 9.17) is 11.6 Å². The van der Waals surface area contributed by atoms with Gasteiger partial charge in [-0.25, -0.2) is 4.79 Å². The fraction of sp³-hybridized carbons (Fsp3) is 0.125. The lowest BCUT2D eigenvalue weighted by atomic mass is 10.2. The Bertz CT molecular complexity index is 906. The number of urea groups is 1. The van der Waals surface area contributed by atoms with Crippen LogP contribution in [0, 0.1) is 0 Å². The predicted molar refractivity (Wildman–Crippen MR) is 88.4 cm³/mol. The van der Waals surface area contributed by atoms with Crippen molar-refractivity contribution in [3.05, 3.63) is 59.0 Å². The molecule has 1 aromatic carbocycles. The number of nitrogens with zero attached hydrogens (tertiary/aromatic N) is 1. The number of anilines is 1. The summed E-state index contributed by atoms with van der Waals surface area (Å²) in [4.78, 5) is 18.6. The number of H-pyrrole nitrogens is 1. The van der Waals surface area contributed by atoms with Crippen LogP contribution in [-0.4, -0.2) is 16.0 Å². The number of aromatic nitrogens is 2. The van der Waals surface area contributed by atoms with E-state index in [2.05, 4.69) is 20.6 Å². The van der Waals surface area contributed by atoms with Gasteiger partial charge >= 0.3 is 12.2 Å². The number of fused-ring (bicyclic) bond motifs is 1. The monoisotopic (exact) mass is 368 g/mol. The van der Waals surface area contributed by atoms with Gasteiger partial charge in [0.15, 0.2) is 0 Å². The molecule has 9 heteroatoms. The minimum Gasteiger partial charge on any atom is -0.361 e. The van der Waals surface area contributed by atoms with Gasteiger partial charge in [-0.1, -0.05) is 11.6 Å². The van der Waals surface area contributed by atoms with Gasteiger partial charge in [0.2, 0.25) is 0 Å². The van der Waals surface area contributed by atoms with E-state index in [1.165, 1.54) is 6.07 Å². The molecular formula is C16H12ClF3N4O. The van der Waals surface area contributed by atoms with E-state index in [1.807, 2.05) is 6.07 Å². The molecule has 3 rings (SSSR count). The highest BCUT2D eigenvalue weighted by Gasteiger charge is 2.30. The molecule has 0 aliphatic heterocycles. The summed E-state index contributed by atoms with van der Waals surface area (Å²) < 4.78 is 37.4. The van der Waals surface area contributed by atoms with Crippen LogP contribution in [0.1, 0.15) is 11.3 Å². The number of rotatable bonds is 3. The third-order valence-corrected chi connectivity index (χ3v) is 3.77. The van der Waals surface area contributed by atoms with Crippen molar-refractivity contribution in [2.75, 3.05) is 5.32 Å². The molecule has 0 unspecified atom stereocenters. The summed E-state index contributed by atoms with van der Waals surface area (Å²) in [7, 11) is 0. The van der Waals surface area contributed by atoms with Gasteiger partial charge < -0.3 is 15.6 Å². The van der Waals surface area contributed by atoms with Gasteiger partial charge in [-0.05, 0) is 30.3 Å². The Hall–Kier alpha value is -2.74. The molecule has 2 aromatic heterocycles. The molecule has 130 valence electrons. The molecular weight excluding hydrogens is 357 g/mol. The molecule has 5 nitrogen and oxygen atoms in total. The molecule has 0 saturated carbocycles. The second kappa shape index (κ2) is 6.64. The maximum atomic E-state index is 12.5. The fourth-order valence-corrected chi connectivity index (χ4v) is 2.52. The minimum absolute atomic E-state index is 0.0115. The highest BCUT2D eigenvalue weighted by molar-refractivity contribution is 6.35. The summed E-state index contributed by atoms with van der Waals surface area (Å²) in [6, 6.07) is 6.75. The number of alkyl halides is 3. The van der Waals surface area contributed by atoms with Gasteiger partial charge in [-0.15, -0.1) is 0 Å². The third kappa shape index (κ3) is 4.03. The second-order valence-corrected chi connectivity index (χ2v) is 5.65. The van der Waals surface area contributed by atoms with Crippen molar-refractivity contribution >= 4 is 34.2 Å². The zero-order chi connectivity index (χ0) is 18.0. The summed E-state index contributed by atoms with van der Waals surface area (Å²) >= 11 is 6.12. The van der Waals surface area contributed by atoms with Crippen molar-refractivity contribution in [3.63, 3.8) is 0 Å². The van der Waals surface area contributed by atoms with Crippen molar-refractivity contribution in [3.8, 4) is 0 Å².